The molecular weight excluding hydrogens is 218 g/mol. The number of hydrogen-bond acceptors (Lipinski definition) is 3. The molecule has 0 aromatic heterocycles. The van der Waals surface area contributed by atoms with E-state index in [1.807, 2.05) is 11.8 Å². The first-order valence-corrected chi connectivity index (χ1v) is 7.87. The summed E-state index contributed by atoms with van der Waals surface area (Å²) in [5, 5.41) is 3.68. The molecule has 0 aromatic carbocycles. The zero-order chi connectivity index (χ0) is 11.9. The second-order valence-electron chi connectivity index (χ2n) is 4.58. The minimum Gasteiger partial charge on any atom is -0.375 e. The minimum absolute atomic E-state index is 0.161. The summed E-state index contributed by atoms with van der Waals surface area (Å²) in [5.41, 5.74) is 0.161. The Labute approximate surface area is 105 Å². The predicted octanol–water partition coefficient (Wildman–Crippen LogP) is 3.07. The average molecular weight is 245 g/mol. The Morgan fingerprint density at radius 3 is 2.69 bits per heavy atom. The fourth-order valence-electron chi connectivity index (χ4n) is 2.42. The molecule has 16 heavy (non-hydrogen) atoms. The van der Waals surface area contributed by atoms with Gasteiger partial charge in [-0.1, -0.05) is 20.8 Å². The van der Waals surface area contributed by atoms with Crippen LogP contribution in [0.5, 0.6) is 0 Å². The van der Waals surface area contributed by atoms with Crippen LogP contribution >= 0.6 is 11.8 Å². The van der Waals surface area contributed by atoms with Gasteiger partial charge in [0.25, 0.3) is 0 Å². The zero-order valence-corrected chi connectivity index (χ0v) is 11.9. The highest BCUT2D eigenvalue weighted by Crippen LogP contribution is 2.31. The maximum Gasteiger partial charge on any atom is 0.0692 e. The quantitative estimate of drug-likeness (QED) is 0.697. The molecule has 0 saturated carbocycles. The average Bonchev–Trinajstić information content (AvgIpc) is 2.35. The van der Waals surface area contributed by atoms with Crippen LogP contribution in [-0.2, 0) is 4.74 Å². The number of ether oxygens (including phenoxy) is 1. The van der Waals surface area contributed by atoms with Gasteiger partial charge in [0.1, 0.15) is 0 Å². The van der Waals surface area contributed by atoms with Gasteiger partial charge >= 0.3 is 0 Å². The molecule has 0 spiro atoms. The summed E-state index contributed by atoms with van der Waals surface area (Å²) < 4.78 is 5.98. The lowest BCUT2D eigenvalue weighted by Gasteiger charge is -2.40. The van der Waals surface area contributed by atoms with Crippen molar-refractivity contribution < 1.29 is 4.74 Å². The van der Waals surface area contributed by atoms with Crippen LogP contribution in [0.1, 0.15) is 46.5 Å². The van der Waals surface area contributed by atoms with Gasteiger partial charge in [-0.25, -0.2) is 0 Å². The molecule has 0 bridgehead atoms. The monoisotopic (exact) mass is 245 g/mol. The molecule has 0 radical (unpaired) electrons. The lowest BCUT2D eigenvalue weighted by atomic mass is 9.86. The van der Waals surface area contributed by atoms with Crippen LogP contribution in [0.4, 0.5) is 0 Å². The topological polar surface area (TPSA) is 21.3 Å². The van der Waals surface area contributed by atoms with Crippen molar-refractivity contribution in [3.8, 4) is 0 Å². The molecule has 1 aliphatic heterocycles. The highest BCUT2D eigenvalue weighted by Gasteiger charge is 2.33. The summed E-state index contributed by atoms with van der Waals surface area (Å²) in [4.78, 5) is 0. The van der Waals surface area contributed by atoms with Crippen LogP contribution in [0.15, 0.2) is 0 Å². The van der Waals surface area contributed by atoms with Gasteiger partial charge in [-0.3, -0.25) is 0 Å². The van der Waals surface area contributed by atoms with Crippen LogP contribution < -0.4 is 5.32 Å². The van der Waals surface area contributed by atoms with Crippen molar-refractivity contribution in [2.75, 3.05) is 24.7 Å². The van der Waals surface area contributed by atoms with E-state index in [4.69, 9.17) is 4.74 Å². The van der Waals surface area contributed by atoms with E-state index < -0.39 is 0 Å². The Morgan fingerprint density at radius 2 is 2.06 bits per heavy atom. The molecular formula is C13H27NOS. The molecule has 1 fully saturated rings. The smallest absolute Gasteiger partial charge is 0.0692 e. The molecule has 0 aromatic rings. The van der Waals surface area contributed by atoms with Crippen molar-refractivity contribution in [1.29, 1.82) is 0 Å². The summed E-state index contributed by atoms with van der Waals surface area (Å²) in [5.74, 6) is 2.46. The predicted molar refractivity (Wildman–Crippen MR) is 73.3 cm³/mol. The maximum atomic E-state index is 5.98. The van der Waals surface area contributed by atoms with Gasteiger partial charge in [0.05, 0.1) is 5.60 Å². The molecule has 1 atom stereocenters. The number of hydrogen-bond donors (Lipinski definition) is 1. The van der Waals surface area contributed by atoms with E-state index in [1.165, 1.54) is 24.3 Å². The third kappa shape index (κ3) is 4.27. The van der Waals surface area contributed by atoms with E-state index in [2.05, 4.69) is 26.1 Å². The second-order valence-corrected chi connectivity index (χ2v) is 5.97. The summed E-state index contributed by atoms with van der Waals surface area (Å²) in [6, 6.07) is 0.672. The van der Waals surface area contributed by atoms with Gasteiger partial charge in [0.15, 0.2) is 0 Å². The third-order valence-corrected chi connectivity index (χ3v) is 4.57. The summed E-state index contributed by atoms with van der Waals surface area (Å²) in [7, 11) is 0. The fraction of sp³-hybridized carbons (Fsp3) is 1.00. The maximum absolute atomic E-state index is 5.98. The first kappa shape index (κ1) is 14.3. The number of thioether (sulfide) groups is 1. The highest BCUT2D eigenvalue weighted by atomic mass is 32.2. The number of rotatable bonds is 7. The van der Waals surface area contributed by atoms with E-state index in [9.17, 15) is 0 Å². The van der Waals surface area contributed by atoms with Gasteiger partial charge < -0.3 is 10.1 Å². The Kier molecular flexibility index (Phi) is 6.78. The molecule has 1 N–H and O–H groups in total. The largest absolute Gasteiger partial charge is 0.375 e. The van der Waals surface area contributed by atoms with Crippen LogP contribution in [0.25, 0.3) is 0 Å². The highest BCUT2D eigenvalue weighted by molar-refractivity contribution is 7.99. The Morgan fingerprint density at radius 1 is 1.31 bits per heavy atom. The summed E-state index contributed by atoms with van der Waals surface area (Å²) in [6.45, 7) is 8.79. The molecule has 96 valence electrons. The molecule has 0 aliphatic carbocycles. The van der Waals surface area contributed by atoms with Crippen molar-refractivity contribution in [2.24, 2.45) is 0 Å². The minimum atomic E-state index is 0.161. The Hall–Kier alpha value is 0.270. The van der Waals surface area contributed by atoms with E-state index in [0.717, 1.165) is 26.0 Å². The molecule has 2 nitrogen and oxygen atoms in total. The lowest BCUT2D eigenvalue weighted by Crippen LogP contribution is -2.46. The fourth-order valence-corrected chi connectivity index (χ4v) is 2.98. The number of nitrogens with one attached hydrogen (secondary N) is 1. The van der Waals surface area contributed by atoms with Gasteiger partial charge in [-0.2, -0.15) is 11.8 Å². The standard InChI is InChI=1S/C13H27NOS/c1-4-13(5-2)11-12(7-9-15-13)14-8-10-16-6-3/h12,14H,4-11H2,1-3H3. The first-order chi connectivity index (χ1) is 7.76. The SMILES string of the molecule is CCSCCNC1CCOC(CC)(CC)C1. The van der Waals surface area contributed by atoms with Crippen molar-refractivity contribution >= 4 is 11.8 Å². The summed E-state index contributed by atoms with van der Waals surface area (Å²) in [6.07, 6.45) is 4.66. The molecule has 1 unspecified atom stereocenters. The van der Waals surface area contributed by atoms with Crippen molar-refractivity contribution in [3.63, 3.8) is 0 Å². The Bertz CT molecular complexity index is 183. The summed E-state index contributed by atoms with van der Waals surface area (Å²) >= 11 is 2.01. The van der Waals surface area contributed by atoms with E-state index in [0.29, 0.717) is 6.04 Å². The van der Waals surface area contributed by atoms with Crippen LogP contribution in [0.3, 0.4) is 0 Å². The van der Waals surface area contributed by atoms with Gasteiger partial charge in [-0.05, 0) is 31.4 Å². The van der Waals surface area contributed by atoms with Crippen molar-refractivity contribution in [2.45, 2.75) is 58.1 Å². The van der Waals surface area contributed by atoms with Crippen molar-refractivity contribution in [3.05, 3.63) is 0 Å². The van der Waals surface area contributed by atoms with Gasteiger partial charge in [0.2, 0.25) is 0 Å². The Balaban J connectivity index is 2.27. The molecule has 1 heterocycles. The van der Waals surface area contributed by atoms with Gasteiger partial charge in [-0.15, -0.1) is 0 Å². The van der Waals surface area contributed by atoms with Crippen LogP contribution in [0, 0.1) is 0 Å². The van der Waals surface area contributed by atoms with Crippen molar-refractivity contribution in [1.82, 2.24) is 5.32 Å². The molecule has 3 heteroatoms. The third-order valence-electron chi connectivity index (χ3n) is 3.67. The van der Waals surface area contributed by atoms with E-state index in [-0.39, 0.29) is 5.60 Å². The molecule has 1 saturated heterocycles. The van der Waals surface area contributed by atoms with Crippen LogP contribution in [0.2, 0.25) is 0 Å². The van der Waals surface area contributed by atoms with E-state index >= 15 is 0 Å². The van der Waals surface area contributed by atoms with E-state index in [1.54, 1.807) is 0 Å². The molecule has 1 rings (SSSR count). The lowest BCUT2D eigenvalue weighted by molar-refractivity contribution is -0.0927. The normalized spacial score (nSPS) is 24.6. The molecule has 0 amide bonds. The van der Waals surface area contributed by atoms with Crippen LogP contribution in [-0.4, -0.2) is 36.3 Å². The van der Waals surface area contributed by atoms with Gasteiger partial charge in [0, 0.05) is 24.9 Å². The zero-order valence-electron chi connectivity index (χ0n) is 11.1. The molecule has 1 aliphatic rings. The second kappa shape index (κ2) is 7.57. The first-order valence-electron chi connectivity index (χ1n) is 6.71.